The highest BCUT2D eigenvalue weighted by atomic mass is 79.9. The van der Waals surface area contributed by atoms with Gasteiger partial charge in [-0.2, -0.15) is 0 Å². The van der Waals surface area contributed by atoms with E-state index >= 15 is 0 Å². The van der Waals surface area contributed by atoms with Crippen molar-refractivity contribution >= 4 is 21.7 Å². The summed E-state index contributed by atoms with van der Waals surface area (Å²) in [6, 6.07) is 0. The smallest absolute Gasteiger partial charge is 0.149 e. The van der Waals surface area contributed by atoms with Crippen molar-refractivity contribution in [2.24, 2.45) is 5.92 Å². The van der Waals surface area contributed by atoms with Gasteiger partial charge in [0.25, 0.3) is 0 Å². The summed E-state index contributed by atoms with van der Waals surface area (Å²) >= 11 is 3.42. The average molecular weight is 175 g/mol. The lowest BCUT2D eigenvalue weighted by atomic mass is 9.84. The summed E-state index contributed by atoms with van der Waals surface area (Å²) in [6.45, 7) is 0. The number of Topliss-reactive ketones (excluding diaryl/α,β-unsaturated/α-hetero) is 1. The van der Waals surface area contributed by atoms with Crippen molar-refractivity contribution < 1.29 is 4.79 Å². The normalized spacial score (nSPS) is 51.6. The number of fused-ring (bicyclic) bond motifs is 1. The fourth-order valence-electron chi connectivity index (χ4n) is 1.67. The van der Waals surface area contributed by atoms with Crippen LogP contribution < -0.4 is 0 Å². The first kappa shape index (κ1) is 4.98. The topological polar surface area (TPSA) is 17.1 Å². The minimum atomic E-state index is -0.0301. The Hall–Kier alpha value is 0.150. The van der Waals surface area contributed by atoms with Crippen LogP contribution in [0.2, 0.25) is 0 Å². The van der Waals surface area contributed by atoms with Crippen molar-refractivity contribution in [1.29, 1.82) is 0 Å². The van der Waals surface area contributed by atoms with Crippen molar-refractivity contribution in [3.8, 4) is 0 Å². The van der Waals surface area contributed by atoms with E-state index in [1.165, 1.54) is 0 Å². The van der Waals surface area contributed by atoms with Crippen molar-refractivity contribution in [1.82, 2.24) is 0 Å². The van der Waals surface area contributed by atoms with Crippen molar-refractivity contribution in [2.75, 3.05) is 0 Å². The third-order valence-electron chi connectivity index (χ3n) is 2.20. The van der Waals surface area contributed by atoms with Crippen LogP contribution in [0.25, 0.3) is 0 Å². The SMILES string of the molecule is O=C1CC2CC1(Br)C2. The second-order valence-electron chi connectivity index (χ2n) is 2.87. The summed E-state index contributed by atoms with van der Waals surface area (Å²) in [6.07, 6.45) is 3.04. The monoisotopic (exact) mass is 174 g/mol. The van der Waals surface area contributed by atoms with E-state index in [-0.39, 0.29) is 4.32 Å². The first-order valence-electron chi connectivity index (χ1n) is 2.93. The minimum Gasteiger partial charge on any atom is -0.298 e. The van der Waals surface area contributed by atoms with Gasteiger partial charge in [0, 0.05) is 6.42 Å². The number of rotatable bonds is 0. The summed E-state index contributed by atoms with van der Waals surface area (Å²) in [7, 11) is 0. The zero-order chi connectivity index (χ0) is 5.78. The Morgan fingerprint density at radius 2 is 2.25 bits per heavy atom. The Labute approximate surface area is 56.6 Å². The first-order chi connectivity index (χ1) is 3.71. The van der Waals surface area contributed by atoms with E-state index in [1.807, 2.05) is 0 Å². The summed E-state index contributed by atoms with van der Waals surface area (Å²) in [5.41, 5.74) is 0. The van der Waals surface area contributed by atoms with Crippen LogP contribution in [0.3, 0.4) is 0 Å². The summed E-state index contributed by atoms with van der Waals surface area (Å²) in [4.78, 5) is 10.9. The molecule has 0 amide bonds. The van der Waals surface area contributed by atoms with Crippen molar-refractivity contribution in [3.63, 3.8) is 0 Å². The number of halogens is 1. The van der Waals surface area contributed by atoms with Crippen LogP contribution in [0.1, 0.15) is 19.3 Å². The molecule has 0 aromatic heterocycles. The van der Waals surface area contributed by atoms with Gasteiger partial charge in [-0.3, -0.25) is 4.79 Å². The van der Waals surface area contributed by atoms with Crippen molar-refractivity contribution in [3.05, 3.63) is 0 Å². The number of carbonyl (C=O) groups is 1. The molecule has 2 bridgehead atoms. The number of hydrogen-bond acceptors (Lipinski definition) is 1. The van der Waals surface area contributed by atoms with E-state index in [9.17, 15) is 4.79 Å². The van der Waals surface area contributed by atoms with Crippen LogP contribution in [0, 0.1) is 5.92 Å². The maximum atomic E-state index is 10.9. The van der Waals surface area contributed by atoms with Crippen LogP contribution in [0.5, 0.6) is 0 Å². The molecule has 3 saturated carbocycles. The van der Waals surface area contributed by atoms with E-state index in [2.05, 4.69) is 15.9 Å². The highest BCUT2D eigenvalue weighted by Crippen LogP contribution is 2.54. The predicted octanol–water partition coefficient (Wildman–Crippen LogP) is 1.50. The molecule has 3 fully saturated rings. The number of alkyl halides is 1. The van der Waals surface area contributed by atoms with E-state index in [0.29, 0.717) is 5.78 Å². The van der Waals surface area contributed by atoms with Crippen LogP contribution in [-0.2, 0) is 4.79 Å². The number of carbonyl (C=O) groups excluding carboxylic acids is 1. The molecule has 0 N–H and O–H groups in total. The summed E-state index contributed by atoms with van der Waals surface area (Å²) < 4.78 is -0.0301. The highest BCUT2D eigenvalue weighted by Gasteiger charge is 2.55. The first-order valence-corrected chi connectivity index (χ1v) is 3.72. The van der Waals surface area contributed by atoms with Gasteiger partial charge in [0.2, 0.25) is 0 Å². The molecule has 0 aromatic carbocycles. The van der Waals surface area contributed by atoms with E-state index < -0.39 is 0 Å². The molecule has 0 unspecified atom stereocenters. The molecule has 0 heterocycles. The van der Waals surface area contributed by atoms with E-state index in [1.54, 1.807) is 0 Å². The lowest BCUT2D eigenvalue weighted by Gasteiger charge is -2.29. The zero-order valence-electron chi connectivity index (χ0n) is 4.48. The van der Waals surface area contributed by atoms with Gasteiger partial charge in [0.15, 0.2) is 0 Å². The largest absolute Gasteiger partial charge is 0.298 e. The lowest BCUT2D eigenvalue weighted by molar-refractivity contribution is -0.118. The zero-order valence-corrected chi connectivity index (χ0v) is 6.07. The average Bonchev–Trinajstić information content (AvgIpc) is 1.90. The van der Waals surface area contributed by atoms with Crippen molar-refractivity contribution in [2.45, 2.75) is 23.6 Å². The molecule has 44 valence electrons. The van der Waals surface area contributed by atoms with Crippen LogP contribution >= 0.6 is 15.9 Å². The molecule has 3 aliphatic carbocycles. The van der Waals surface area contributed by atoms with Gasteiger partial charge < -0.3 is 0 Å². The maximum Gasteiger partial charge on any atom is 0.149 e. The molecule has 8 heavy (non-hydrogen) atoms. The van der Waals surface area contributed by atoms with Gasteiger partial charge in [-0.1, -0.05) is 15.9 Å². The Morgan fingerprint density at radius 1 is 1.62 bits per heavy atom. The van der Waals surface area contributed by atoms with Gasteiger partial charge in [-0.05, 0) is 18.8 Å². The Balaban J connectivity index is 2.33. The van der Waals surface area contributed by atoms with Gasteiger partial charge in [-0.25, -0.2) is 0 Å². The molecular formula is C6H7BrO. The molecule has 0 atom stereocenters. The fraction of sp³-hybridized carbons (Fsp3) is 0.833. The molecular weight excluding hydrogens is 168 g/mol. The maximum absolute atomic E-state index is 10.9. The molecule has 2 heteroatoms. The lowest BCUT2D eigenvalue weighted by Crippen LogP contribution is -2.32. The molecule has 3 aliphatic rings. The Morgan fingerprint density at radius 3 is 2.38 bits per heavy atom. The van der Waals surface area contributed by atoms with Gasteiger partial charge in [0.1, 0.15) is 5.78 Å². The summed E-state index contributed by atoms with van der Waals surface area (Å²) in [5, 5.41) is 0. The molecule has 0 aromatic rings. The predicted molar refractivity (Wildman–Crippen MR) is 34.0 cm³/mol. The van der Waals surface area contributed by atoms with Gasteiger partial charge >= 0.3 is 0 Å². The van der Waals surface area contributed by atoms with Crippen LogP contribution in [-0.4, -0.2) is 10.1 Å². The second kappa shape index (κ2) is 1.18. The quantitative estimate of drug-likeness (QED) is 0.510. The molecule has 1 nitrogen and oxygen atoms in total. The Bertz CT molecular complexity index is 147. The summed E-state index contributed by atoms with van der Waals surface area (Å²) in [5.74, 6) is 1.17. The molecule has 0 radical (unpaired) electrons. The minimum absolute atomic E-state index is 0.0301. The molecule has 3 rings (SSSR count). The Kier molecular flexibility index (Phi) is 0.733. The number of hydrogen-bond donors (Lipinski definition) is 0. The molecule has 0 spiro atoms. The standard InChI is InChI=1S/C6H7BrO/c7-6-2-4(3-6)1-5(6)8/h4H,1-3H2. The van der Waals surface area contributed by atoms with Gasteiger partial charge in [-0.15, -0.1) is 0 Å². The molecule has 0 saturated heterocycles. The van der Waals surface area contributed by atoms with Crippen LogP contribution in [0.15, 0.2) is 0 Å². The van der Waals surface area contributed by atoms with E-state index in [4.69, 9.17) is 0 Å². The van der Waals surface area contributed by atoms with E-state index in [0.717, 1.165) is 25.2 Å². The van der Waals surface area contributed by atoms with Gasteiger partial charge in [0.05, 0.1) is 4.32 Å². The second-order valence-corrected chi connectivity index (χ2v) is 4.38. The molecule has 0 aliphatic heterocycles. The van der Waals surface area contributed by atoms with Crippen LogP contribution in [0.4, 0.5) is 0 Å². The number of ketones is 1. The fourth-order valence-corrected chi connectivity index (χ4v) is 2.75. The third kappa shape index (κ3) is 0.402. The highest BCUT2D eigenvalue weighted by molar-refractivity contribution is 9.10. The third-order valence-corrected chi connectivity index (χ3v) is 3.29.